The van der Waals surface area contributed by atoms with Gasteiger partial charge in [-0.05, 0) is 73.4 Å². The van der Waals surface area contributed by atoms with Crippen LogP contribution in [0.2, 0.25) is 0 Å². The molecule has 352 valence electrons. The summed E-state index contributed by atoms with van der Waals surface area (Å²) in [6, 6.07) is 13.9. The molecule has 0 spiro atoms. The summed E-state index contributed by atoms with van der Waals surface area (Å²) in [7, 11) is -3.37. The third-order valence-electron chi connectivity index (χ3n) is 8.66. The first-order valence-electron chi connectivity index (χ1n) is 20.0. The van der Waals surface area contributed by atoms with E-state index in [2.05, 4.69) is 29.6 Å². The van der Waals surface area contributed by atoms with Gasteiger partial charge in [-0.25, -0.2) is 37.3 Å². The normalized spacial score (nSPS) is 11.1. The van der Waals surface area contributed by atoms with Crippen LogP contribution in [0, 0.1) is 20.2 Å². The Kier molecular flexibility index (Phi) is 19.4. The molecule has 2 aromatic carbocycles. The molecule has 2 heterocycles. The Bertz CT molecular complexity index is 2280. The van der Waals surface area contributed by atoms with Crippen molar-refractivity contribution in [2.24, 2.45) is 0 Å². The number of aromatic nitrogens is 4. The number of methoxy groups -OCH3 is 1. The molecule has 2 aromatic heterocycles. The van der Waals surface area contributed by atoms with E-state index in [1.807, 2.05) is 20.8 Å². The minimum absolute atomic E-state index is 0.0140. The zero-order valence-corrected chi connectivity index (χ0v) is 36.8. The van der Waals surface area contributed by atoms with Crippen LogP contribution in [-0.4, -0.2) is 104 Å². The summed E-state index contributed by atoms with van der Waals surface area (Å²) in [4.78, 5) is 71.8. The molecule has 0 aliphatic rings. The van der Waals surface area contributed by atoms with Crippen LogP contribution in [0.3, 0.4) is 0 Å². The molecule has 4 rings (SSSR count). The molecular formula is C40H49N7O17S. The van der Waals surface area contributed by atoms with Gasteiger partial charge in [-0.2, -0.15) is 4.98 Å². The lowest BCUT2D eigenvalue weighted by Crippen LogP contribution is -2.36. The number of hydrogen-bond donors (Lipinski definition) is 0. The van der Waals surface area contributed by atoms with E-state index in [1.165, 1.54) is 43.8 Å². The quantitative estimate of drug-likeness (QED) is 0.0199. The molecule has 0 saturated heterocycles. The molecule has 4 aromatic rings. The Balaban J connectivity index is 1.71. The molecule has 0 N–H and O–H groups in total. The van der Waals surface area contributed by atoms with Gasteiger partial charge in [0.1, 0.15) is 13.2 Å². The van der Waals surface area contributed by atoms with E-state index in [-0.39, 0.29) is 72.7 Å². The molecule has 0 amide bonds. The molecule has 0 aliphatic carbocycles. The topological polar surface area (TPSA) is 292 Å². The highest BCUT2D eigenvalue weighted by molar-refractivity contribution is 7.92. The van der Waals surface area contributed by atoms with Crippen molar-refractivity contribution in [2.75, 3.05) is 57.8 Å². The third-order valence-corrected chi connectivity index (χ3v) is 10.4. The zero-order valence-electron chi connectivity index (χ0n) is 36.0. The van der Waals surface area contributed by atoms with Crippen LogP contribution in [-0.2, 0) is 44.1 Å². The van der Waals surface area contributed by atoms with Crippen LogP contribution < -0.4 is 18.5 Å². The lowest BCUT2D eigenvalue weighted by molar-refractivity contribution is -0.757. The Morgan fingerprint density at radius 2 is 1.23 bits per heavy atom. The standard InChI is InChI=1S/C40H49N7O17S/c1-40(2,3)29-16-18-30(19-17-29)65(54,55)45(28-61-39(49)59-23-11-12-25-63-47(52)53)36-33(64-32-15-8-7-14-31(32)56-4)37(44-35(43-36)34-41-20-13-21-42-34)57-26-27-60-38(48)58-22-9-5-6-10-24-62-46(50)51/h7-8,13-21H,5-6,9-12,22-28H2,1-4H3. The predicted octanol–water partition coefficient (Wildman–Crippen LogP) is 6.63. The van der Waals surface area contributed by atoms with Gasteiger partial charge in [-0.3, -0.25) is 0 Å². The van der Waals surface area contributed by atoms with Gasteiger partial charge in [0.05, 0.1) is 38.4 Å². The maximum atomic E-state index is 14.8. The molecule has 0 fully saturated rings. The molecule has 0 bridgehead atoms. The van der Waals surface area contributed by atoms with Gasteiger partial charge < -0.3 is 42.8 Å². The summed E-state index contributed by atoms with van der Waals surface area (Å²) < 4.78 is 68.8. The van der Waals surface area contributed by atoms with Crippen molar-refractivity contribution in [1.82, 2.24) is 19.9 Å². The van der Waals surface area contributed by atoms with Crippen LogP contribution in [0.1, 0.15) is 64.9 Å². The van der Waals surface area contributed by atoms with Crippen LogP contribution in [0.4, 0.5) is 15.4 Å². The molecule has 24 nitrogen and oxygen atoms in total. The van der Waals surface area contributed by atoms with Crippen molar-refractivity contribution >= 4 is 28.2 Å². The monoisotopic (exact) mass is 931 g/mol. The largest absolute Gasteiger partial charge is 0.510 e. The fourth-order valence-corrected chi connectivity index (χ4v) is 6.69. The second-order valence-corrected chi connectivity index (χ2v) is 16.2. The zero-order chi connectivity index (χ0) is 47.2. The van der Waals surface area contributed by atoms with Crippen molar-refractivity contribution < 1.29 is 71.0 Å². The Morgan fingerprint density at radius 3 is 1.83 bits per heavy atom. The second-order valence-electron chi connectivity index (χ2n) is 14.4. The van der Waals surface area contributed by atoms with E-state index >= 15 is 0 Å². The SMILES string of the molecule is COc1ccccc1Oc1c(OCCOC(=O)OCCCCCCO[N+](=O)[O-])nc(-c2ncccn2)nc1N(COC(=O)OCCCCO[N+](=O)[O-])S(=O)(=O)c1ccc(C(C)(C)C)cc1. The highest BCUT2D eigenvalue weighted by Crippen LogP contribution is 2.43. The molecule has 0 saturated carbocycles. The number of benzene rings is 2. The summed E-state index contributed by atoms with van der Waals surface area (Å²) >= 11 is 0. The predicted molar refractivity (Wildman–Crippen MR) is 225 cm³/mol. The van der Waals surface area contributed by atoms with Gasteiger partial charge in [-0.15, -0.1) is 20.2 Å². The summed E-state index contributed by atoms with van der Waals surface area (Å²) in [5, 5.41) is 18.9. The maximum absolute atomic E-state index is 14.8. The lowest BCUT2D eigenvalue weighted by Gasteiger charge is -2.26. The number of sulfonamides is 1. The van der Waals surface area contributed by atoms with Crippen LogP contribution in [0.25, 0.3) is 11.6 Å². The van der Waals surface area contributed by atoms with Gasteiger partial charge >= 0.3 is 12.3 Å². The van der Waals surface area contributed by atoms with Crippen molar-refractivity contribution in [3.05, 3.63) is 92.8 Å². The van der Waals surface area contributed by atoms with Crippen LogP contribution in [0.5, 0.6) is 23.1 Å². The number of anilines is 1. The molecular weight excluding hydrogens is 883 g/mol. The number of rotatable bonds is 27. The number of carbonyl (C=O) groups is 2. The summed E-state index contributed by atoms with van der Waals surface area (Å²) in [6.07, 6.45) is 2.94. The van der Waals surface area contributed by atoms with E-state index in [4.69, 9.17) is 33.2 Å². The average Bonchev–Trinajstić information content (AvgIpc) is 3.27. The highest BCUT2D eigenvalue weighted by Gasteiger charge is 2.35. The van der Waals surface area contributed by atoms with Crippen molar-refractivity contribution in [1.29, 1.82) is 0 Å². The molecule has 0 radical (unpaired) electrons. The molecule has 0 unspecified atom stereocenters. The van der Waals surface area contributed by atoms with Gasteiger partial charge in [0.25, 0.3) is 26.1 Å². The Hall–Kier alpha value is -7.31. The van der Waals surface area contributed by atoms with Gasteiger partial charge in [0, 0.05) is 12.4 Å². The minimum atomic E-state index is -4.75. The first-order valence-corrected chi connectivity index (χ1v) is 21.4. The molecule has 25 heteroatoms. The second kappa shape index (κ2) is 25.1. The van der Waals surface area contributed by atoms with Gasteiger partial charge in [0.15, 0.2) is 29.9 Å². The highest BCUT2D eigenvalue weighted by atomic mass is 32.2. The van der Waals surface area contributed by atoms with E-state index < -0.39 is 69.9 Å². The summed E-state index contributed by atoms with van der Waals surface area (Å²) in [5.41, 5.74) is 0.473. The molecule has 0 atom stereocenters. The van der Waals surface area contributed by atoms with E-state index in [9.17, 15) is 38.2 Å². The molecule has 65 heavy (non-hydrogen) atoms. The summed E-state index contributed by atoms with van der Waals surface area (Å²) in [6.45, 7) is 3.51. The third kappa shape index (κ3) is 16.4. The lowest BCUT2D eigenvalue weighted by atomic mass is 9.87. The first-order chi connectivity index (χ1) is 31.1. The minimum Gasteiger partial charge on any atom is -0.493 e. The Labute approximate surface area is 373 Å². The fraction of sp³-hybridized carbons (Fsp3) is 0.450. The van der Waals surface area contributed by atoms with Crippen molar-refractivity contribution in [3.63, 3.8) is 0 Å². The molecule has 0 aliphatic heterocycles. The van der Waals surface area contributed by atoms with Gasteiger partial charge in [-0.1, -0.05) is 51.5 Å². The number of ether oxygens (including phenoxy) is 7. The smallest absolute Gasteiger partial charge is 0.493 e. The van der Waals surface area contributed by atoms with Crippen molar-refractivity contribution in [3.8, 4) is 34.8 Å². The number of hydrogen-bond acceptors (Lipinski definition) is 21. The first kappa shape index (κ1) is 50.3. The van der Waals surface area contributed by atoms with E-state index in [1.54, 1.807) is 30.3 Å². The van der Waals surface area contributed by atoms with E-state index in [0.717, 1.165) is 5.56 Å². The fourth-order valence-electron chi connectivity index (χ4n) is 5.41. The Morgan fingerprint density at radius 1 is 0.677 bits per heavy atom. The summed E-state index contributed by atoms with van der Waals surface area (Å²) in [5.74, 6) is -1.46. The van der Waals surface area contributed by atoms with E-state index in [0.29, 0.717) is 30.0 Å². The van der Waals surface area contributed by atoms with Crippen LogP contribution in [0.15, 0.2) is 71.9 Å². The average molecular weight is 932 g/mol. The van der Waals surface area contributed by atoms with Crippen LogP contribution >= 0.6 is 0 Å². The number of carbonyl (C=O) groups excluding carboxylic acids is 2. The number of para-hydroxylation sites is 2. The van der Waals surface area contributed by atoms with Crippen molar-refractivity contribution in [2.45, 2.75) is 69.6 Å². The number of nitrogens with zero attached hydrogens (tertiary/aromatic N) is 7. The maximum Gasteiger partial charge on any atom is 0.510 e. The number of unbranched alkanes of at least 4 members (excludes halogenated alkanes) is 4. The van der Waals surface area contributed by atoms with Gasteiger partial charge in [0.2, 0.25) is 11.6 Å².